The van der Waals surface area contributed by atoms with Gasteiger partial charge in [-0.1, -0.05) is 37.6 Å². The Hall–Kier alpha value is -4.74. The molecule has 3 rings (SSSR count). The van der Waals surface area contributed by atoms with Crippen molar-refractivity contribution < 1.29 is 42.1 Å². The first kappa shape index (κ1) is 30.8. The van der Waals surface area contributed by atoms with Crippen LogP contribution in [-0.2, 0) is 4.79 Å². The number of halogens is 3. The normalized spacial score (nSPS) is 11.7. The van der Waals surface area contributed by atoms with Crippen LogP contribution in [0.25, 0.3) is 0 Å². The molecular formula is C29H30F3N3O6. The van der Waals surface area contributed by atoms with Crippen LogP contribution in [0.4, 0.5) is 23.7 Å². The predicted molar refractivity (Wildman–Crippen MR) is 145 cm³/mol. The Kier molecular flexibility index (Phi) is 11.0. The number of carbonyl (C=O) groups is 3. The lowest BCUT2D eigenvalue weighted by Gasteiger charge is -2.21. The summed E-state index contributed by atoms with van der Waals surface area (Å²) < 4.78 is 46.8. The summed E-state index contributed by atoms with van der Waals surface area (Å²) in [4.78, 5) is 35.9. The number of aliphatic carboxylic acids is 1. The monoisotopic (exact) mass is 573 g/mol. The van der Waals surface area contributed by atoms with Gasteiger partial charge in [-0.3, -0.25) is 9.59 Å². The van der Waals surface area contributed by atoms with E-state index in [4.69, 9.17) is 9.84 Å². The molecule has 0 saturated carbocycles. The number of unbranched alkanes of at least 4 members (excludes halogenated alkanes) is 1. The van der Waals surface area contributed by atoms with E-state index in [9.17, 15) is 27.6 Å². The third-order valence-electron chi connectivity index (χ3n) is 5.73. The molecule has 41 heavy (non-hydrogen) atoms. The van der Waals surface area contributed by atoms with Crippen LogP contribution >= 0.6 is 0 Å². The van der Waals surface area contributed by atoms with Crippen molar-refractivity contribution in [3.05, 3.63) is 89.5 Å². The van der Waals surface area contributed by atoms with Crippen molar-refractivity contribution in [3.63, 3.8) is 0 Å². The third-order valence-corrected chi connectivity index (χ3v) is 5.73. The quantitative estimate of drug-likeness (QED) is 0.189. The Bertz CT molecular complexity index is 1300. The van der Waals surface area contributed by atoms with Crippen molar-refractivity contribution in [1.82, 2.24) is 10.6 Å². The predicted octanol–water partition coefficient (Wildman–Crippen LogP) is 5.88. The molecule has 1 atom stereocenters. The van der Waals surface area contributed by atoms with Gasteiger partial charge in [0.2, 0.25) is 0 Å². The van der Waals surface area contributed by atoms with Crippen molar-refractivity contribution in [2.75, 3.05) is 18.5 Å². The molecule has 3 aromatic rings. The van der Waals surface area contributed by atoms with Gasteiger partial charge in [0.05, 0.1) is 19.1 Å². The summed E-state index contributed by atoms with van der Waals surface area (Å²) >= 11 is 0. The molecule has 9 nitrogen and oxygen atoms in total. The second-order valence-corrected chi connectivity index (χ2v) is 8.90. The minimum absolute atomic E-state index is 0.0176. The Balaban J connectivity index is 1.76. The lowest BCUT2D eigenvalue weighted by Crippen LogP contribution is -2.33. The molecule has 0 heterocycles. The molecule has 0 fully saturated rings. The molecule has 0 aliphatic heterocycles. The molecule has 218 valence electrons. The Morgan fingerprint density at radius 3 is 2.02 bits per heavy atom. The number of carboxylic acids is 1. The van der Waals surface area contributed by atoms with E-state index in [0.717, 1.165) is 25.0 Å². The highest BCUT2D eigenvalue weighted by Gasteiger charge is 2.31. The fraction of sp³-hybridized carbons (Fsp3) is 0.276. The van der Waals surface area contributed by atoms with Gasteiger partial charge in [-0.25, -0.2) is 4.79 Å². The Labute approximate surface area is 234 Å². The third kappa shape index (κ3) is 10.4. The van der Waals surface area contributed by atoms with Crippen LogP contribution in [0.3, 0.4) is 0 Å². The van der Waals surface area contributed by atoms with Crippen LogP contribution < -0.4 is 25.4 Å². The molecule has 3 amide bonds. The molecular weight excluding hydrogens is 543 g/mol. The maximum atomic E-state index is 12.9. The van der Waals surface area contributed by atoms with Crippen LogP contribution in [0, 0.1) is 0 Å². The summed E-state index contributed by atoms with van der Waals surface area (Å²) in [5.74, 6) is -1.22. The molecule has 3 aromatic carbocycles. The lowest BCUT2D eigenvalue weighted by atomic mass is 9.97. The summed E-state index contributed by atoms with van der Waals surface area (Å²) in [7, 11) is 0. The van der Waals surface area contributed by atoms with Crippen LogP contribution in [0.1, 0.15) is 53.7 Å². The van der Waals surface area contributed by atoms with Crippen molar-refractivity contribution >= 4 is 23.6 Å². The van der Waals surface area contributed by atoms with E-state index < -0.39 is 36.1 Å². The number of rotatable bonds is 13. The standard InChI is InChI=1S/C29H30F3N3O6/c1-2-3-18-40-23-12-8-20(9-13-23)26(19-4-6-21(7-5-19)27(38)33-17-16-25(36)37)35-28(39)34-22-10-14-24(15-11-22)41-29(30,31)32/h4-15,26H,2-3,16-18H2,1H3,(H,33,38)(H,36,37)(H2,34,35,39). The number of hydrogen-bond donors (Lipinski definition) is 4. The zero-order valence-electron chi connectivity index (χ0n) is 22.2. The van der Waals surface area contributed by atoms with E-state index in [2.05, 4.69) is 27.6 Å². The lowest BCUT2D eigenvalue weighted by molar-refractivity contribution is -0.274. The SMILES string of the molecule is CCCCOc1ccc(C(NC(=O)Nc2ccc(OC(F)(F)F)cc2)c2ccc(C(=O)NCCC(=O)O)cc2)cc1. The van der Waals surface area contributed by atoms with Crippen LogP contribution in [0.15, 0.2) is 72.8 Å². The molecule has 4 N–H and O–H groups in total. The van der Waals surface area contributed by atoms with Gasteiger partial charge in [0.25, 0.3) is 5.91 Å². The highest BCUT2D eigenvalue weighted by molar-refractivity contribution is 5.94. The number of carboxylic acid groups (broad SMARTS) is 1. The van der Waals surface area contributed by atoms with Gasteiger partial charge in [0.15, 0.2) is 0 Å². The van der Waals surface area contributed by atoms with E-state index in [-0.39, 0.29) is 18.7 Å². The molecule has 0 aliphatic rings. The van der Waals surface area contributed by atoms with Gasteiger partial charge in [-0.05, 0) is 66.1 Å². The maximum Gasteiger partial charge on any atom is 0.573 e. The van der Waals surface area contributed by atoms with Crippen LogP contribution in [0.2, 0.25) is 0 Å². The number of benzene rings is 3. The molecule has 12 heteroatoms. The van der Waals surface area contributed by atoms with E-state index in [1.165, 1.54) is 12.1 Å². The number of hydrogen-bond acceptors (Lipinski definition) is 5. The Morgan fingerprint density at radius 2 is 1.46 bits per heavy atom. The highest BCUT2D eigenvalue weighted by atomic mass is 19.4. The number of urea groups is 1. The molecule has 0 aromatic heterocycles. The molecule has 0 saturated heterocycles. The summed E-state index contributed by atoms with van der Waals surface area (Å²) in [6, 6.07) is 17.0. The topological polar surface area (TPSA) is 126 Å². The number of carbonyl (C=O) groups excluding carboxylic acids is 2. The molecule has 0 spiro atoms. The summed E-state index contributed by atoms with van der Waals surface area (Å²) in [5, 5.41) is 16.7. The fourth-order valence-electron chi connectivity index (χ4n) is 3.70. The smallest absolute Gasteiger partial charge is 0.494 e. The average molecular weight is 574 g/mol. The second-order valence-electron chi connectivity index (χ2n) is 8.90. The molecule has 0 bridgehead atoms. The summed E-state index contributed by atoms with van der Waals surface area (Å²) in [5.41, 5.74) is 1.89. The zero-order chi connectivity index (χ0) is 29.8. The minimum atomic E-state index is -4.83. The van der Waals surface area contributed by atoms with E-state index >= 15 is 0 Å². The van der Waals surface area contributed by atoms with Crippen LogP contribution in [-0.4, -0.2) is 42.5 Å². The van der Waals surface area contributed by atoms with Crippen molar-refractivity contribution in [2.45, 2.75) is 38.6 Å². The van der Waals surface area contributed by atoms with E-state index in [0.29, 0.717) is 29.0 Å². The number of ether oxygens (including phenoxy) is 2. The van der Waals surface area contributed by atoms with E-state index in [1.54, 1.807) is 48.5 Å². The van der Waals surface area contributed by atoms with Crippen molar-refractivity contribution in [3.8, 4) is 11.5 Å². The second kappa shape index (κ2) is 14.6. The maximum absolute atomic E-state index is 12.9. The summed E-state index contributed by atoms with van der Waals surface area (Å²) in [6.07, 6.45) is -3.14. The minimum Gasteiger partial charge on any atom is -0.494 e. The van der Waals surface area contributed by atoms with Crippen LogP contribution in [0.5, 0.6) is 11.5 Å². The zero-order valence-corrected chi connectivity index (χ0v) is 22.2. The van der Waals surface area contributed by atoms with Gasteiger partial charge < -0.3 is 30.5 Å². The number of alkyl halides is 3. The van der Waals surface area contributed by atoms with Crippen molar-refractivity contribution in [1.29, 1.82) is 0 Å². The average Bonchev–Trinajstić information content (AvgIpc) is 2.92. The van der Waals surface area contributed by atoms with E-state index in [1.807, 2.05) is 0 Å². The van der Waals surface area contributed by atoms with Crippen molar-refractivity contribution in [2.24, 2.45) is 0 Å². The highest BCUT2D eigenvalue weighted by Crippen LogP contribution is 2.26. The molecule has 0 aliphatic carbocycles. The largest absolute Gasteiger partial charge is 0.573 e. The first-order valence-electron chi connectivity index (χ1n) is 12.8. The first-order valence-corrected chi connectivity index (χ1v) is 12.8. The number of anilines is 1. The molecule has 1 unspecified atom stereocenters. The van der Waals surface area contributed by atoms with Gasteiger partial charge in [0, 0.05) is 17.8 Å². The van der Waals surface area contributed by atoms with Gasteiger partial charge in [0.1, 0.15) is 11.5 Å². The summed E-state index contributed by atoms with van der Waals surface area (Å²) in [6.45, 7) is 2.61. The number of nitrogens with one attached hydrogen (secondary N) is 3. The molecule has 0 radical (unpaired) electrons. The van der Waals surface area contributed by atoms with Gasteiger partial charge in [-0.15, -0.1) is 13.2 Å². The Morgan fingerprint density at radius 1 is 0.878 bits per heavy atom. The first-order chi connectivity index (χ1) is 19.5. The number of amides is 3. The van der Waals surface area contributed by atoms with Gasteiger partial charge >= 0.3 is 18.4 Å². The van der Waals surface area contributed by atoms with Gasteiger partial charge in [-0.2, -0.15) is 0 Å². The fourth-order valence-corrected chi connectivity index (χ4v) is 3.70.